The lowest BCUT2D eigenvalue weighted by Crippen LogP contribution is -2.41. The largest absolute Gasteiger partial charge is 0.368 e. The Morgan fingerprint density at radius 1 is 1.28 bits per heavy atom. The van der Waals surface area contributed by atoms with Crippen LogP contribution < -0.4 is 4.90 Å². The molecule has 1 aliphatic rings. The van der Waals surface area contributed by atoms with Crippen molar-refractivity contribution in [3.63, 3.8) is 0 Å². The maximum Gasteiger partial charge on any atom is 0.0402 e. The molecule has 1 aromatic carbocycles. The molecule has 2 rings (SSSR count). The van der Waals surface area contributed by atoms with Crippen LogP contribution in [0.3, 0.4) is 0 Å². The van der Waals surface area contributed by atoms with E-state index in [0.717, 1.165) is 12.3 Å². The van der Waals surface area contributed by atoms with Crippen molar-refractivity contribution < 1.29 is 0 Å². The number of hydrogen-bond donors (Lipinski definition) is 1. The maximum absolute atomic E-state index is 4.61. The van der Waals surface area contributed by atoms with Crippen molar-refractivity contribution in [1.29, 1.82) is 0 Å². The van der Waals surface area contributed by atoms with Gasteiger partial charge in [-0.2, -0.15) is 12.6 Å². The van der Waals surface area contributed by atoms with Gasteiger partial charge in [-0.3, -0.25) is 0 Å². The van der Waals surface area contributed by atoms with E-state index in [1.54, 1.807) is 0 Å². The highest BCUT2D eigenvalue weighted by Gasteiger charge is 2.33. The van der Waals surface area contributed by atoms with Gasteiger partial charge in [0.2, 0.25) is 0 Å². The molecule has 0 fully saturated rings. The summed E-state index contributed by atoms with van der Waals surface area (Å²) < 4.78 is 0. The summed E-state index contributed by atoms with van der Waals surface area (Å²) in [6.45, 7) is 8.08. The third-order valence-electron chi connectivity index (χ3n) is 4.69. The van der Waals surface area contributed by atoms with Gasteiger partial charge in [0.25, 0.3) is 0 Å². The van der Waals surface area contributed by atoms with Gasteiger partial charge in [0, 0.05) is 18.3 Å². The van der Waals surface area contributed by atoms with Crippen LogP contribution in [0.1, 0.15) is 39.2 Å². The van der Waals surface area contributed by atoms with E-state index in [1.807, 2.05) is 0 Å². The summed E-state index contributed by atoms with van der Waals surface area (Å²) >= 11 is 4.61. The third-order valence-corrected chi connectivity index (χ3v) is 5.36. The molecule has 18 heavy (non-hydrogen) atoms. The average Bonchev–Trinajstić information content (AvgIpc) is 2.72. The van der Waals surface area contributed by atoms with Crippen LogP contribution in [-0.4, -0.2) is 18.3 Å². The van der Waals surface area contributed by atoms with Crippen LogP contribution in [-0.2, 0) is 6.42 Å². The molecule has 0 bridgehead atoms. The molecule has 1 atom stereocenters. The number of thiol groups is 1. The number of para-hydroxylation sites is 1. The Morgan fingerprint density at radius 2 is 1.94 bits per heavy atom. The summed E-state index contributed by atoms with van der Waals surface area (Å²) in [4.78, 5) is 2.60. The lowest BCUT2D eigenvalue weighted by molar-refractivity contribution is 0.304. The monoisotopic (exact) mass is 263 g/mol. The van der Waals surface area contributed by atoms with Crippen molar-refractivity contribution >= 4 is 18.3 Å². The van der Waals surface area contributed by atoms with E-state index in [0.29, 0.717) is 11.5 Å². The molecule has 0 N–H and O–H groups in total. The van der Waals surface area contributed by atoms with Gasteiger partial charge in [0.15, 0.2) is 0 Å². The Bertz CT molecular complexity index is 390. The van der Waals surface area contributed by atoms with Crippen molar-refractivity contribution in [3.8, 4) is 0 Å². The van der Waals surface area contributed by atoms with E-state index in [2.05, 4.69) is 62.6 Å². The average molecular weight is 263 g/mol. The first-order valence-corrected chi connectivity index (χ1v) is 7.74. The summed E-state index contributed by atoms with van der Waals surface area (Å²) in [5.74, 6) is 0.978. The first kappa shape index (κ1) is 13.8. The molecule has 0 aliphatic carbocycles. The molecule has 0 aromatic heterocycles. The fourth-order valence-electron chi connectivity index (χ4n) is 2.98. The molecule has 1 nitrogen and oxygen atoms in total. The number of fused-ring (bicyclic) bond motifs is 1. The lowest BCUT2D eigenvalue weighted by atomic mass is 9.83. The summed E-state index contributed by atoms with van der Waals surface area (Å²) in [6, 6.07) is 9.48. The molecular formula is C16H25NS. The second-order valence-electron chi connectivity index (χ2n) is 5.67. The van der Waals surface area contributed by atoms with E-state index in [1.165, 1.54) is 30.5 Å². The zero-order chi connectivity index (χ0) is 13.2. The molecule has 1 aliphatic heterocycles. The maximum atomic E-state index is 4.61. The Morgan fingerprint density at radius 3 is 2.56 bits per heavy atom. The smallest absolute Gasteiger partial charge is 0.0402 e. The zero-order valence-corrected chi connectivity index (χ0v) is 12.7. The van der Waals surface area contributed by atoms with Gasteiger partial charge in [0.1, 0.15) is 0 Å². The summed E-state index contributed by atoms with van der Waals surface area (Å²) in [5.41, 5.74) is 3.30. The number of benzene rings is 1. The number of rotatable bonds is 5. The molecule has 1 unspecified atom stereocenters. The van der Waals surface area contributed by atoms with Gasteiger partial charge < -0.3 is 4.90 Å². The van der Waals surface area contributed by atoms with Crippen LogP contribution in [0.5, 0.6) is 0 Å². The van der Waals surface area contributed by atoms with Crippen molar-refractivity contribution in [3.05, 3.63) is 29.8 Å². The van der Waals surface area contributed by atoms with Gasteiger partial charge in [0.05, 0.1) is 0 Å². The van der Waals surface area contributed by atoms with Crippen molar-refractivity contribution in [2.24, 2.45) is 5.41 Å². The first-order valence-electron chi connectivity index (χ1n) is 7.11. The molecule has 1 heterocycles. The Hall–Kier alpha value is -0.630. The quantitative estimate of drug-likeness (QED) is 0.780. The standard InChI is InChI=1S/C16H25NS/c1-4-16(5-2,12-18)11-17-13(3)10-14-8-6-7-9-15(14)17/h6-9,13,18H,4-5,10-12H2,1-3H3. The van der Waals surface area contributed by atoms with E-state index in [4.69, 9.17) is 0 Å². The minimum Gasteiger partial charge on any atom is -0.368 e. The van der Waals surface area contributed by atoms with Crippen LogP contribution >= 0.6 is 12.6 Å². The minimum atomic E-state index is 0.356. The highest BCUT2D eigenvalue weighted by molar-refractivity contribution is 7.80. The van der Waals surface area contributed by atoms with E-state index in [9.17, 15) is 0 Å². The minimum absolute atomic E-state index is 0.356. The summed E-state index contributed by atoms with van der Waals surface area (Å²) in [7, 11) is 0. The molecule has 0 saturated carbocycles. The zero-order valence-electron chi connectivity index (χ0n) is 11.8. The fourth-order valence-corrected chi connectivity index (χ4v) is 3.53. The molecule has 1 aromatic rings. The second kappa shape index (κ2) is 5.56. The van der Waals surface area contributed by atoms with Crippen LogP contribution in [0.4, 0.5) is 5.69 Å². The van der Waals surface area contributed by atoms with E-state index in [-0.39, 0.29) is 0 Å². The summed E-state index contributed by atoms with van der Waals surface area (Å²) in [5, 5.41) is 0. The molecule has 0 amide bonds. The van der Waals surface area contributed by atoms with Gasteiger partial charge in [-0.25, -0.2) is 0 Å². The molecule has 0 spiro atoms. The van der Waals surface area contributed by atoms with E-state index >= 15 is 0 Å². The normalized spacial score (nSPS) is 19.1. The van der Waals surface area contributed by atoms with Gasteiger partial charge in [-0.05, 0) is 49.0 Å². The van der Waals surface area contributed by atoms with Gasteiger partial charge in [-0.1, -0.05) is 32.0 Å². The third kappa shape index (κ3) is 2.40. The van der Waals surface area contributed by atoms with Crippen LogP contribution in [0.25, 0.3) is 0 Å². The topological polar surface area (TPSA) is 3.24 Å². The highest BCUT2D eigenvalue weighted by atomic mass is 32.1. The Kier molecular flexibility index (Phi) is 4.26. The van der Waals surface area contributed by atoms with Gasteiger partial charge in [-0.15, -0.1) is 0 Å². The van der Waals surface area contributed by atoms with Crippen LogP contribution in [0.2, 0.25) is 0 Å². The van der Waals surface area contributed by atoms with Gasteiger partial charge >= 0.3 is 0 Å². The first-order chi connectivity index (χ1) is 8.65. The van der Waals surface area contributed by atoms with Crippen molar-refractivity contribution in [2.75, 3.05) is 17.2 Å². The second-order valence-corrected chi connectivity index (χ2v) is 5.99. The lowest BCUT2D eigenvalue weighted by Gasteiger charge is -2.38. The molecule has 0 radical (unpaired) electrons. The summed E-state index contributed by atoms with van der Waals surface area (Å²) in [6.07, 6.45) is 3.60. The van der Waals surface area contributed by atoms with Crippen molar-refractivity contribution in [2.45, 2.75) is 46.1 Å². The fraction of sp³-hybridized carbons (Fsp3) is 0.625. The molecule has 100 valence electrons. The van der Waals surface area contributed by atoms with Crippen molar-refractivity contribution in [1.82, 2.24) is 0 Å². The molecule has 0 saturated heterocycles. The Balaban J connectivity index is 2.24. The van der Waals surface area contributed by atoms with Crippen LogP contribution in [0.15, 0.2) is 24.3 Å². The van der Waals surface area contributed by atoms with E-state index < -0.39 is 0 Å². The Labute approximate surface area is 117 Å². The predicted molar refractivity (Wildman–Crippen MR) is 83.8 cm³/mol. The SMILES string of the molecule is CCC(CC)(CS)CN1c2ccccc2CC1C. The number of nitrogens with zero attached hydrogens (tertiary/aromatic N) is 1. The number of hydrogen-bond acceptors (Lipinski definition) is 2. The molecular weight excluding hydrogens is 238 g/mol. The van der Waals surface area contributed by atoms with Crippen LogP contribution in [0, 0.1) is 5.41 Å². The highest BCUT2D eigenvalue weighted by Crippen LogP contribution is 2.37. The predicted octanol–water partition coefficient (Wildman–Crippen LogP) is 4.17. The molecule has 2 heteroatoms. The number of anilines is 1.